The van der Waals surface area contributed by atoms with Gasteiger partial charge in [-0.3, -0.25) is 4.57 Å². The average molecular weight is 328 g/mol. The lowest BCUT2D eigenvalue weighted by molar-refractivity contribution is -0.0387. The SMILES string of the molecule is CC(C)O[C@H]1[C@@H](F)[C@H](c2ccccc2)O[C@@H]1/C=C/P(C)(=O)O. The smallest absolute Gasteiger partial charge is 0.219 e. The van der Waals surface area contributed by atoms with Gasteiger partial charge >= 0.3 is 0 Å². The van der Waals surface area contributed by atoms with E-state index in [0.29, 0.717) is 0 Å². The summed E-state index contributed by atoms with van der Waals surface area (Å²) in [5.41, 5.74) is 0.729. The fraction of sp³-hybridized carbons (Fsp3) is 0.500. The van der Waals surface area contributed by atoms with E-state index in [1.807, 2.05) is 32.0 Å². The van der Waals surface area contributed by atoms with Crippen LogP contribution in [0, 0.1) is 0 Å². The van der Waals surface area contributed by atoms with Crippen LogP contribution in [-0.2, 0) is 14.0 Å². The van der Waals surface area contributed by atoms with Gasteiger partial charge in [-0.25, -0.2) is 4.39 Å². The highest BCUT2D eigenvalue weighted by molar-refractivity contribution is 7.60. The molecule has 0 spiro atoms. The zero-order valence-electron chi connectivity index (χ0n) is 12.9. The van der Waals surface area contributed by atoms with Gasteiger partial charge in [0.15, 0.2) is 6.17 Å². The Morgan fingerprint density at radius 3 is 2.55 bits per heavy atom. The van der Waals surface area contributed by atoms with Crippen LogP contribution in [-0.4, -0.2) is 36.0 Å². The zero-order chi connectivity index (χ0) is 16.3. The Labute approximate surface area is 130 Å². The monoisotopic (exact) mass is 328 g/mol. The Morgan fingerprint density at radius 2 is 2.00 bits per heavy atom. The molecule has 1 heterocycles. The normalized spacial score (nSPS) is 31.7. The van der Waals surface area contributed by atoms with Gasteiger partial charge in [0, 0.05) is 6.66 Å². The third-order valence-corrected chi connectivity index (χ3v) is 4.07. The van der Waals surface area contributed by atoms with Gasteiger partial charge in [-0.15, -0.1) is 0 Å². The predicted molar refractivity (Wildman–Crippen MR) is 83.9 cm³/mol. The fourth-order valence-corrected chi connectivity index (χ4v) is 2.94. The van der Waals surface area contributed by atoms with Gasteiger partial charge in [0.1, 0.15) is 18.3 Å². The number of ether oxygens (including phenoxy) is 2. The number of halogens is 1. The van der Waals surface area contributed by atoms with Crippen molar-refractivity contribution in [2.24, 2.45) is 0 Å². The summed E-state index contributed by atoms with van der Waals surface area (Å²) in [6.07, 6.45) is -2.30. The largest absolute Gasteiger partial charge is 0.369 e. The molecule has 1 fully saturated rings. The highest BCUT2D eigenvalue weighted by atomic mass is 31.2. The molecule has 1 N–H and O–H groups in total. The van der Waals surface area contributed by atoms with Gasteiger partial charge in [-0.1, -0.05) is 30.3 Å². The first-order valence-electron chi connectivity index (χ1n) is 7.27. The van der Waals surface area contributed by atoms with Crippen molar-refractivity contribution in [2.45, 2.75) is 44.4 Å². The predicted octanol–water partition coefficient (Wildman–Crippen LogP) is 3.67. The number of hydrogen-bond donors (Lipinski definition) is 1. The Kier molecular flexibility index (Phi) is 5.56. The molecule has 1 aliphatic heterocycles. The van der Waals surface area contributed by atoms with E-state index >= 15 is 0 Å². The zero-order valence-corrected chi connectivity index (χ0v) is 13.8. The lowest BCUT2D eigenvalue weighted by Gasteiger charge is -2.20. The van der Waals surface area contributed by atoms with Gasteiger partial charge < -0.3 is 14.4 Å². The lowest BCUT2D eigenvalue weighted by Crippen LogP contribution is -2.32. The first-order valence-corrected chi connectivity index (χ1v) is 9.45. The van der Waals surface area contributed by atoms with Crippen LogP contribution in [0.25, 0.3) is 0 Å². The molecule has 0 amide bonds. The van der Waals surface area contributed by atoms with Crippen molar-refractivity contribution < 1.29 is 23.3 Å². The van der Waals surface area contributed by atoms with E-state index in [1.54, 1.807) is 12.1 Å². The highest BCUT2D eigenvalue weighted by Gasteiger charge is 2.45. The van der Waals surface area contributed by atoms with E-state index < -0.39 is 31.9 Å². The second-order valence-corrected chi connectivity index (χ2v) is 8.00. The van der Waals surface area contributed by atoms with Crippen molar-refractivity contribution >= 4 is 7.37 Å². The van der Waals surface area contributed by atoms with Crippen LogP contribution in [0.15, 0.2) is 42.2 Å². The van der Waals surface area contributed by atoms with Gasteiger partial charge in [0.25, 0.3) is 0 Å². The summed E-state index contributed by atoms with van der Waals surface area (Å²) in [5.74, 6) is 1.18. The van der Waals surface area contributed by atoms with E-state index in [2.05, 4.69) is 0 Å². The van der Waals surface area contributed by atoms with Crippen molar-refractivity contribution in [1.29, 1.82) is 0 Å². The molecule has 0 saturated carbocycles. The van der Waals surface area contributed by atoms with E-state index in [9.17, 15) is 13.8 Å². The molecular formula is C16H22FO4P. The Bertz CT molecular complexity index is 555. The third kappa shape index (κ3) is 4.50. The lowest BCUT2D eigenvalue weighted by atomic mass is 10.0. The third-order valence-electron chi connectivity index (χ3n) is 3.34. The number of benzene rings is 1. The van der Waals surface area contributed by atoms with Crippen LogP contribution in [0.1, 0.15) is 25.5 Å². The summed E-state index contributed by atoms with van der Waals surface area (Å²) in [5, 5.41) is 0. The molecule has 0 bridgehead atoms. The van der Waals surface area contributed by atoms with Gasteiger partial charge in [0.2, 0.25) is 7.37 Å². The van der Waals surface area contributed by atoms with Crippen LogP contribution < -0.4 is 0 Å². The quantitative estimate of drug-likeness (QED) is 0.838. The fourth-order valence-electron chi connectivity index (χ4n) is 2.45. The van der Waals surface area contributed by atoms with E-state index in [0.717, 1.165) is 5.56 Å². The topological polar surface area (TPSA) is 55.8 Å². The van der Waals surface area contributed by atoms with Crippen LogP contribution in [0.2, 0.25) is 0 Å². The first-order chi connectivity index (χ1) is 10.3. The van der Waals surface area contributed by atoms with Crippen LogP contribution in [0.5, 0.6) is 0 Å². The van der Waals surface area contributed by atoms with Gasteiger partial charge in [-0.05, 0) is 31.3 Å². The maximum atomic E-state index is 14.8. The number of rotatable bonds is 5. The molecule has 1 saturated heterocycles. The maximum absolute atomic E-state index is 14.8. The molecule has 0 aliphatic carbocycles. The molecule has 1 aromatic carbocycles. The summed E-state index contributed by atoms with van der Waals surface area (Å²) in [6, 6.07) is 9.09. The van der Waals surface area contributed by atoms with Crippen LogP contribution >= 0.6 is 7.37 Å². The van der Waals surface area contributed by atoms with Crippen molar-refractivity contribution in [3.63, 3.8) is 0 Å². The van der Waals surface area contributed by atoms with Crippen molar-refractivity contribution in [3.05, 3.63) is 47.8 Å². The molecule has 2 rings (SSSR count). The summed E-state index contributed by atoms with van der Waals surface area (Å²) in [4.78, 5) is 9.37. The summed E-state index contributed by atoms with van der Waals surface area (Å²) >= 11 is 0. The molecule has 5 atom stereocenters. The molecule has 4 nitrogen and oxygen atoms in total. The maximum Gasteiger partial charge on any atom is 0.219 e. The summed E-state index contributed by atoms with van der Waals surface area (Å²) in [7, 11) is -3.33. The Morgan fingerprint density at radius 1 is 1.36 bits per heavy atom. The second kappa shape index (κ2) is 7.05. The van der Waals surface area contributed by atoms with E-state index in [-0.39, 0.29) is 6.10 Å². The second-order valence-electron chi connectivity index (χ2n) is 5.81. The molecule has 0 radical (unpaired) electrons. The minimum absolute atomic E-state index is 0.167. The first kappa shape index (κ1) is 17.4. The standard InChI is InChI=1S/C16H22FO4P/c1-11(2)20-16-13(9-10-22(3,18)19)21-15(14(16)17)12-7-5-4-6-8-12/h4-11,13-16H,1-3H3,(H,18,19)/b10-9+/t13-,14+,15+,16-/m1/s1. The molecule has 1 unspecified atom stereocenters. The summed E-state index contributed by atoms with van der Waals surface area (Å²) < 4.78 is 37.5. The molecule has 6 heteroatoms. The Hall–Kier alpha value is -1.00. The Balaban J connectivity index is 2.24. The minimum Gasteiger partial charge on any atom is -0.369 e. The molecule has 1 aromatic rings. The van der Waals surface area contributed by atoms with Crippen molar-refractivity contribution in [3.8, 4) is 0 Å². The molecule has 0 aromatic heterocycles. The van der Waals surface area contributed by atoms with Gasteiger partial charge in [0.05, 0.1) is 6.10 Å². The molecule has 22 heavy (non-hydrogen) atoms. The average Bonchev–Trinajstić information content (AvgIpc) is 2.74. The van der Waals surface area contributed by atoms with Crippen LogP contribution in [0.3, 0.4) is 0 Å². The van der Waals surface area contributed by atoms with Crippen molar-refractivity contribution in [1.82, 2.24) is 0 Å². The summed E-state index contributed by atoms with van der Waals surface area (Å²) in [6.45, 7) is 4.86. The van der Waals surface area contributed by atoms with Crippen molar-refractivity contribution in [2.75, 3.05) is 6.66 Å². The number of alkyl halides is 1. The molecule has 1 aliphatic rings. The molecule has 122 valence electrons. The number of hydrogen-bond acceptors (Lipinski definition) is 3. The van der Waals surface area contributed by atoms with Crippen LogP contribution in [0.4, 0.5) is 4.39 Å². The van der Waals surface area contributed by atoms with E-state index in [1.165, 1.54) is 18.6 Å². The minimum atomic E-state index is -3.33. The van der Waals surface area contributed by atoms with Gasteiger partial charge in [-0.2, -0.15) is 0 Å². The van der Waals surface area contributed by atoms with E-state index in [4.69, 9.17) is 9.47 Å². The highest BCUT2D eigenvalue weighted by Crippen LogP contribution is 2.41. The molecular weight excluding hydrogens is 306 g/mol.